The highest BCUT2D eigenvalue weighted by Gasteiger charge is 2.42. The van der Waals surface area contributed by atoms with Crippen molar-refractivity contribution in [2.24, 2.45) is 0 Å². The van der Waals surface area contributed by atoms with Crippen molar-refractivity contribution in [3.8, 4) is 0 Å². The van der Waals surface area contributed by atoms with Gasteiger partial charge in [0.1, 0.15) is 23.7 Å². The van der Waals surface area contributed by atoms with Crippen LogP contribution in [-0.2, 0) is 9.53 Å². The molecule has 0 radical (unpaired) electrons. The first-order valence-electron chi connectivity index (χ1n) is 6.27. The molecule has 1 aromatic carbocycles. The lowest BCUT2D eigenvalue weighted by atomic mass is 9.94. The van der Waals surface area contributed by atoms with Gasteiger partial charge >= 0.3 is 5.97 Å². The third-order valence-electron chi connectivity index (χ3n) is 3.39. The molecule has 0 aromatic heterocycles. The van der Waals surface area contributed by atoms with E-state index in [2.05, 4.69) is 0 Å². The highest BCUT2D eigenvalue weighted by Crippen LogP contribution is 2.37. The predicted molar refractivity (Wildman–Crippen MR) is 72.0 cm³/mol. The summed E-state index contributed by atoms with van der Waals surface area (Å²) >= 11 is 0. The third kappa shape index (κ3) is 3.10. The number of nitro benzene ring substituents is 1. The summed E-state index contributed by atoms with van der Waals surface area (Å²) in [6, 6.07) is 2.32. The van der Waals surface area contributed by atoms with Crippen LogP contribution in [0.15, 0.2) is 12.1 Å². The molecule has 1 saturated heterocycles. The molecule has 0 bridgehead atoms. The Bertz CT molecular complexity index is 598. The Morgan fingerprint density at radius 3 is 2.71 bits per heavy atom. The lowest BCUT2D eigenvalue weighted by Crippen LogP contribution is -2.62. The average Bonchev–Trinajstić information content (AvgIpc) is 2.35. The number of nitrogens with zero attached hydrogens (tertiary/aromatic N) is 2. The molecule has 1 aliphatic rings. The van der Waals surface area contributed by atoms with Crippen molar-refractivity contribution in [1.82, 2.24) is 0 Å². The van der Waals surface area contributed by atoms with E-state index >= 15 is 0 Å². The number of benzene rings is 1. The fraction of sp³-hybridized carbons (Fsp3) is 0.462. The van der Waals surface area contributed by atoms with E-state index < -0.39 is 28.9 Å². The molecule has 0 aliphatic carbocycles. The maximum absolute atomic E-state index is 13.5. The summed E-state index contributed by atoms with van der Waals surface area (Å²) in [5, 5.41) is 19.6. The number of rotatable bonds is 5. The van der Waals surface area contributed by atoms with E-state index in [9.17, 15) is 19.3 Å². The van der Waals surface area contributed by atoms with E-state index in [1.165, 1.54) is 13.0 Å². The Morgan fingerprint density at radius 1 is 1.57 bits per heavy atom. The number of nitro groups is 1. The number of carboxylic acids is 1. The normalized spacial score (nSPS) is 16.4. The summed E-state index contributed by atoms with van der Waals surface area (Å²) in [5.74, 6) is -1.70. The minimum Gasteiger partial charge on any atom is -0.480 e. The number of halogens is 1. The Labute approximate surface area is 120 Å². The van der Waals surface area contributed by atoms with E-state index in [0.717, 1.165) is 6.07 Å². The monoisotopic (exact) mass is 298 g/mol. The van der Waals surface area contributed by atoms with Crippen LogP contribution in [0.3, 0.4) is 0 Å². The van der Waals surface area contributed by atoms with E-state index in [1.54, 1.807) is 11.8 Å². The number of aliphatic carboxylic acids is 1. The van der Waals surface area contributed by atoms with E-state index in [1.807, 2.05) is 0 Å². The molecule has 0 atom stereocenters. The number of hydrogen-bond donors (Lipinski definition) is 1. The summed E-state index contributed by atoms with van der Waals surface area (Å²) < 4.78 is 18.7. The molecule has 0 unspecified atom stereocenters. The number of hydrogen-bond acceptors (Lipinski definition) is 5. The molecule has 21 heavy (non-hydrogen) atoms. The molecule has 1 N–H and O–H groups in total. The lowest BCUT2D eigenvalue weighted by Gasteiger charge is -2.48. The van der Waals surface area contributed by atoms with Crippen LogP contribution < -0.4 is 4.90 Å². The van der Waals surface area contributed by atoms with Crippen molar-refractivity contribution >= 4 is 17.3 Å². The quantitative estimate of drug-likeness (QED) is 0.657. The molecule has 1 aromatic rings. The minimum absolute atomic E-state index is 0.307. The van der Waals surface area contributed by atoms with Crippen LogP contribution in [0.4, 0.5) is 15.8 Å². The fourth-order valence-corrected chi connectivity index (χ4v) is 2.31. The molecule has 1 heterocycles. The first-order chi connectivity index (χ1) is 9.72. The summed E-state index contributed by atoms with van der Waals surface area (Å²) in [7, 11) is 0. The zero-order valence-corrected chi connectivity index (χ0v) is 11.6. The second-order valence-corrected chi connectivity index (χ2v) is 5.34. The first-order valence-corrected chi connectivity index (χ1v) is 6.27. The van der Waals surface area contributed by atoms with Crippen LogP contribution in [0.1, 0.15) is 12.5 Å². The van der Waals surface area contributed by atoms with Crippen LogP contribution in [0.2, 0.25) is 0 Å². The maximum atomic E-state index is 13.5. The smallest absolute Gasteiger partial charge is 0.329 e. The molecule has 0 saturated carbocycles. The van der Waals surface area contributed by atoms with Gasteiger partial charge in [-0.25, -0.2) is 9.18 Å². The summed E-state index contributed by atoms with van der Waals surface area (Å²) in [6.07, 6.45) is 0. The van der Waals surface area contributed by atoms with Gasteiger partial charge in [0, 0.05) is 13.1 Å². The molecule has 8 heteroatoms. The number of aryl methyl sites for hydroxylation is 1. The second kappa shape index (κ2) is 5.28. The van der Waals surface area contributed by atoms with Crippen molar-refractivity contribution < 1.29 is 24.0 Å². The highest BCUT2D eigenvalue weighted by molar-refractivity contribution is 5.69. The van der Waals surface area contributed by atoms with Gasteiger partial charge in [0.05, 0.1) is 11.0 Å². The summed E-state index contributed by atoms with van der Waals surface area (Å²) in [6.45, 7) is 3.46. The van der Waals surface area contributed by atoms with Crippen molar-refractivity contribution in [2.45, 2.75) is 19.4 Å². The molecule has 2 rings (SSSR count). The van der Waals surface area contributed by atoms with Gasteiger partial charge in [-0.05, 0) is 25.5 Å². The molecule has 1 aliphatic heterocycles. The molecular weight excluding hydrogens is 283 g/mol. The number of carbonyl (C=O) groups is 1. The van der Waals surface area contributed by atoms with Crippen molar-refractivity contribution in [3.63, 3.8) is 0 Å². The van der Waals surface area contributed by atoms with E-state index in [4.69, 9.17) is 9.84 Å². The van der Waals surface area contributed by atoms with Gasteiger partial charge in [0.15, 0.2) is 0 Å². The summed E-state index contributed by atoms with van der Waals surface area (Å²) in [4.78, 5) is 22.5. The van der Waals surface area contributed by atoms with Gasteiger partial charge in [-0.15, -0.1) is 0 Å². The predicted octanol–water partition coefficient (Wildman–Crippen LogP) is 1.72. The Morgan fingerprint density at radius 2 is 2.19 bits per heavy atom. The largest absolute Gasteiger partial charge is 0.480 e. The van der Waals surface area contributed by atoms with Gasteiger partial charge in [-0.3, -0.25) is 10.1 Å². The molecule has 0 amide bonds. The van der Waals surface area contributed by atoms with Gasteiger partial charge in [0.25, 0.3) is 5.69 Å². The van der Waals surface area contributed by atoms with Crippen LogP contribution in [0.25, 0.3) is 0 Å². The third-order valence-corrected chi connectivity index (χ3v) is 3.39. The fourth-order valence-electron chi connectivity index (χ4n) is 2.31. The van der Waals surface area contributed by atoms with Crippen molar-refractivity contribution in [2.75, 3.05) is 24.6 Å². The Kier molecular flexibility index (Phi) is 3.82. The lowest BCUT2D eigenvalue weighted by molar-refractivity contribution is -0.384. The van der Waals surface area contributed by atoms with Gasteiger partial charge in [-0.2, -0.15) is 0 Å². The Hall–Kier alpha value is -2.22. The minimum atomic E-state index is -1.07. The van der Waals surface area contributed by atoms with E-state index in [-0.39, 0.29) is 5.69 Å². The standard InChI is InChI=1S/C13H15FN2O5/c1-8-3-10(11(16(19)20)4-9(8)14)15-6-13(2,7-15)21-5-12(17)18/h3-4H,5-7H2,1-2H3,(H,17,18). The maximum Gasteiger partial charge on any atom is 0.329 e. The SMILES string of the molecule is Cc1cc(N2CC(C)(OCC(=O)O)C2)c([N+](=O)[O-])cc1F. The number of ether oxygens (including phenoxy) is 1. The summed E-state index contributed by atoms with van der Waals surface area (Å²) in [5.41, 5.74) is -0.349. The van der Waals surface area contributed by atoms with Crippen LogP contribution in [-0.4, -0.2) is 41.3 Å². The Balaban J connectivity index is 2.16. The molecule has 114 valence electrons. The van der Waals surface area contributed by atoms with Gasteiger partial charge in [0.2, 0.25) is 0 Å². The zero-order chi connectivity index (χ0) is 15.8. The van der Waals surface area contributed by atoms with Crippen LogP contribution >= 0.6 is 0 Å². The molecule has 7 nitrogen and oxygen atoms in total. The van der Waals surface area contributed by atoms with Crippen LogP contribution in [0.5, 0.6) is 0 Å². The molecular formula is C13H15FN2O5. The van der Waals surface area contributed by atoms with Crippen LogP contribution in [0, 0.1) is 22.9 Å². The second-order valence-electron chi connectivity index (χ2n) is 5.34. The first kappa shape index (κ1) is 15.2. The van der Waals surface area contributed by atoms with Gasteiger partial charge < -0.3 is 14.7 Å². The number of anilines is 1. The topological polar surface area (TPSA) is 92.9 Å². The van der Waals surface area contributed by atoms with Gasteiger partial charge in [-0.1, -0.05) is 0 Å². The number of carboxylic acid groups (broad SMARTS) is 1. The average molecular weight is 298 g/mol. The van der Waals surface area contributed by atoms with Crippen molar-refractivity contribution in [1.29, 1.82) is 0 Å². The molecule has 0 spiro atoms. The highest BCUT2D eigenvalue weighted by atomic mass is 19.1. The van der Waals surface area contributed by atoms with Crippen molar-refractivity contribution in [3.05, 3.63) is 33.6 Å². The zero-order valence-electron chi connectivity index (χ0n) is 11.6. The molecule has 1 fully saturated rings. The van der Waals surface area contributed by atoms with E-state index in [0.29, 0.717) is 24.3 Å².